The van der Waals surface area contributed by atoms with Crippen LogP contribution in [0.15, 0.2) is 60.8 Å². The molecular weight excluding hydrogens is 1240 g/mol. The Balaban J connectivity index is 1.59. The molecular formula is C85H157NO13. The molecule has 0 radical (unpaired) electrons. The number of nitrogens with one attached hydrogen (secondary N) is 1. The fourth-order valence-electron chi connectivity index (χ4n) is 13.8. The van der Waals surface area contributed by atoms with Gasteiger partial charge in [-0.25, -0.2) is 0 Å². The molecule has 0 aliphatic carbocycles. The van der Waals surface area contributed by atoms with E-state index >= 15 is 0 Å². The largest absolute Gasteiger partial charge is 0.394 e. The number of unbranched alkanes of at least 4 members (excludes halogenated alkanes) is 50. The van der Waals surface area contributed by atoms with E-state index in [1.54, 1.807) is 6.08 Å². The Bertz CT molecular complexity index is 1900. The molecule has 99 heavy (non-hydrogen) atoms. The van der Waals surface area contributed by atoms with Gasteiger partial charge in [0.15, 0.2) is 12.6 Å². The van der Waals surface area contributed by atoms with E-state index in [4.69, 9.17) is 18.9 Å². The number of carbonyl (C=O) groups is 1. The summed E-state index contributed by atoms with van der Waals surface area (Å²) in [6.45, 7) is 2.82. The van der Waals surface area contributed by atoms with Crippen LogP contribution in [0.1, 0.15) is 380 Å². The molecule has 0 saturated carbocycles. The van der Waals surface area contributed by atoms with Crippen molar-refractivity contribution in [3.63, 3.8) is 0 Å². The van der Waals surface area contributed by atoms with Gasteiger partial charge in [0.05, 0.1) is 32.0 Å². The zero-order valence-corrected chi connectivity index (χ0v) is 63.7. The van der Waals surface area contributed by atoms with E-state index in [0.29, 0.717) is 12.8 Å². The van der Waals surface area contributed by atoms with E-state index in [9.17, 15) is 45.6 Å². The second-order valence-electron chi connectivity index (χ2n) is 29.6. The lowest BCUT2D eigenvalue weighted by molar-refractivity contribution is -0.359. The molecule has 580 valence electrons. The number of carbonyl (C=O) groups excluding carboxylic acids is 1. The van der Waals surface area contributed by atoms with Crippen molar-refractivity contribution in [3.05, 3.63) is 60.8 Å². The minimum absolute atomic E-state index is 0.246. The summed E-state index contributed by atoms with van der Waals surface area (Å²) in [6.07, 6.45) is 77.6. The van der Waals surface area contributed by atoms with Crippen LogP contribution < -0.4 is 5.32 Å². The molecule has 12 atom stereocenters. The van der Waals surface area contributed by atoms with Gasteiger partial charge in [0.2, 0.25) is 5.91 Å². The fraction of sp³-hybridized carbons (Fsp3) is 0.871. The Hall–Kier alpha value is -2.31. The van der Waals surface area contributed by atoms with Crippen LogP contribution in [0, 0.1) is 0 Å². The first kappa shape index (κ1) is 92.8. The number of hydrogen-bond donors (Lipinski definition) is 9. The van der Waals surface area contributed by atoms with E-state index in [2.05, 4.69) is 67.8 Å². The lowest BCUT2D eigenvalue weighted by Gasteiger charge is -2.46. The molecule has 0 aromatic heterocycles. The lowest BCUT2D eigenvalue weighted by Crippen LogP contribution is -2.65. The van der Waals surface area contributed by atoms with Crippen molar-refractivity contribution < 1.29 is 64.6 Å². The van der Waals surface area contributed by atoms with Gasteiger partial charge in [0, 0.05) is 6.42 Å². The zero-order valence-electron chi connectivity index (χ0n) is 63.7. The van der Waals surface area contributed by atoms with E-state index in [0.717, 1.165) is 51.4 Å². The summed E-state index contributed by atoms with van der Waals surface area (Å²) in [5.41, 5.74) is 0. The smallest absolute Gasteiger partial charge is 0.220 e. The highest BCUT2D eigenvalue weighted by Gasteiger charge is 2.51. The third-order valence-corrected chi connectivity index (χ3v) is 20.4. The zero-order chi connectivity index (χ0) is 71.5. The number of amides is 1. The summed E-state index contributed by atoms with van der Waals surface area (Å²) in [7, 11) is 0. The SMILES string of the molecule is CCCCCCC/C=C\C/C=C\CCCCCCCCCCCCCCCCCCCCCCCCCCCCCC(=O)NC(COC1OC(CO)C(OC2OC(CO)C(O)C(O)C2O)C(O)C1O)C(O)/C=C/CC/C=C/CC/C=C/CCCCCCCCCCCCCCCCCC. The van der Waals surface area contributed by atoms with Gasteiger partial charge in [0.1, 0.15) is 48.8 Å². The van der Waals surface area contributed by atoms with Crippen LogP contribution in [0.4, 0.5) is 0 Å². The van der Waals surface area contributed by atoms with Crippen molar-refractivity contribution in [2.24, 2.45) is 0 Å². The summed E-state index contributed by atoms with van der Waals surface area (Å²) in [4.78, 5) is 13.4. The predicted octanol–water partition coefficient (Wildman–Crippen LogP) is 19.5. The Labute approximate surface area is 606 Å². The Morgan fingerprint density at radius 1 is 0.364 bits per heavy atom. The lowest BCUT2D eigenvalue weighted by atomic mass is 9.97. The highest BCUT2D eigenvalue weighted by molar-refractivity contribution is 5.76. The number of rotatable bonds is 71. The molecule has 0 spiro atoms. The second kappa shape index (κ2) is 68.8. The van der Waals surface area contributed by atoms with Gasteiger partial charge in [-0.15, -0.1) is 0 Å². The monoisotopic (exact) mass is 1400 g/mol. The average Bonchev–Trinajstić information content (AvgIpc) is 0.794. The minimum Gasteiger partial charge on any atom is -0.394 e. The normalized spacial score (nSPS) is 22.2. The van der Waals surface area contributed by atoms with Gasteiger partial charge in [-0.1, -0.05) is 357 Å². The molecule has 2 aliphatic heterocycles. The van der Waals surface area contributed by atoms with Crippen LogP contribution in [0.3, 0.4) is 0 Å². The molecule has 2 fully saturated rings. The Morgan fingerprint density at radius 3 is 1.05 bits per heavy atom. The first-order valence-electron chi connectivity index (χ1n) is 42.0. The maximum Gasteiger partial charge on any atom is 0.220 e. The molecule has 2 rings (SSSR count). The van der Waals surface area contributed by atoms with Crippen LogP contribution in [0.2, 0.25) is 0 Å². The topological polar surface area (TPSA) is 228 Å². The summed E-state index contributed by atoms with van der Waals surface area (Å²) < 4.78 is 22.9. The number of hydrogen-bond acceptors (Lipinski definition) is 13. The maximum atomic E-state index is 13.4. The van der Waals surface area contributed by atoms with Gasteiger partial charge < -0.3 is 65.1 Å². The van der Waals surface area contributed by atoms with Crippen molar-refractivity contribution in [1.29, 1.82) is 0 Å². The molecule has 0 aromatic carbocycles. The van der Waals surface area contributed by atoms with Crippen molar-refractivity contribution in [3.8, 4) is 0 Å². The third kappa shape index (κ3) is 51.5. The summed E-state index contributed by atoms with van der Waals surface area (Å²) in [5.74, 6) is -0.246. The van der Waals surface area contributed by atoms with Gasteiger partial charge >= 0.3 is 0 Å². The van der Waals surface area contributed by atoms with Gasteiger partial charge in [-0.05, 0) is 77.0 Å². The van der Waals surface area contributed by atoms with Crippen LogP contribution in [-0.4, -0.2) is 140 Å². The number of aliphatic hydroxyl groups is 8. The summed E-state index contributed by atoms with van der Waals surface area (Å²) >= 11 is 0. The summed E-state index contributed by atoms with van der Waals surface area (Å²) in [6, 6.07) is -0.940. The fourth-order valence-corrected chi connectivity index (χ4v) is 13.8. The van der Waals surface area contributed by atoms with Crippen molar-refractivity contribution in [2.45, 2.75) is 453 Å². The Morgan fingerprint density at radius 2 is 0.677 bits per heavy atom. The van der Waals surface area contributed by atoms with Crippen molar-refractivity contribution in [1.82, 2.24) is 5.32 Å². The van der Waals surface area contributed by atoms with Crippen LogP contribution in [0.25, 0.3) is 0 Å². The molecule has 14 heteroatoms. The molecule has 1 amide bonds. The second-order valence-corrected chi connectivity index (χ2v) is 29.6. The molecule has 2 saturated heterocycles. The van der Waals surface area contributed by atoms with Crippen LogP contribution >= 0.6 is 0 Å². The number of ether oxygens (including phenoxy) is 4. The van der Waals surface area contributed by atoms with Gasteiger partial charge in [0.25, 0.3) is 0 Å². The molecule has 0 aromatic rings. The van der Waals surface area contributed by atoms with E-state index in [1.165, 1.54) is 295 Å². The molecule has 0 bridgehead atoms. The van der Waals surface area contributed by atoms with E-state index in [1.807, 2.05) is 6.08 Å². The Kier molecular flexibility index (Phi) is 64.5. The van der Waals surface area contributed by atoms with E-state index in [-0.39, 0.29) is 18.9 Å². The highest BCUT2D eigenvalue weighted by Crippen LogP contribution is 2.30. The molecule has 9 N–H and O–H groups in total. The third-order valence-electron chi connectivity index (χ3n) is 20.4. The molecule has 12 unspecified atom stereocenters. The maximum absolute atomic E-state index is 13.4. The standard InChI is InChI=1S/C85H157NO13/c1-3-5-7-9-11-13-15-17-19-21-23-25-27-29-31-32-33-34-35-36-37-38-39-40-41-42-43-45-47-49-51-53-55-57-59-61-63-65-67-69-77(90)86-73(72-96-84-82(95)80(93)83(76(71-88)98-84)99-85-81(94)79(92)78(91)75(70-87)97-85)74(89)68-66-64-62-60-58-56-54-52-50-48-46-44-30-28-26-24-22-20-18-16-14-12-10-8-6-4-2/h15,17,21,23,50,52,58,60,66,68,73-76,78-85,87-89,91-95H,3-14,16,18-20,22,24-49,51,53-57,59,61-65,67,69-72H2,1-2H3,(H,86,90)/b17-15-,23-21-,52-50+,60-58+,68-66+. The van der Waals surface area contributed by atoms with E-state index < -0.39 is 86.8 Å². The number of aliphatic hydroxyl groups excluding tert-OH is 8. The van der Waals surface area contributed by atoms with Crippen molar-refractivity contribution in [2.75, 3.05) is 19.8 Å². The number of allylic oxidation sites excluding steroid dienone is 9. The summed E-state index contributed by atoms with van der Waals surface area (Å²) in [5, 5.41) is 87.7. The van der Waals surface area contributed by atoms with Crippen molar-refractivity contribution >= 4 is 5.91 Å². The first-order valence-corrected chi connectivity index (χ1v) is 42.0. The highest BCUT2D eigenvalue weighted by atomic mass is 16.7. The van der Waals surface area contributed by atoms with Crippen LogP contribution in [-0.2, 0) is 23.7 Å². The first-order chi connectivity index (χ1) is 48.6. The quantitative estimate of drug-likeness (QED) is 0.0204. The molecule has 2 aliphatic rings. The van der Waals surface area contributed by atoms with Gasteiger partial charge in [-0.3, -0.25) is 4.79 Å². The average molecular weight is 1400 g/mol. The van der Waals surface area contributed by atoms with Crippen LogP contribution in [0.5, 0.6) is 0 Å². The minimum atomic E-state index is -1.79. The predicted molar refractivity (Wildman–Crippen MR) is 411 cm³/mol. The molecule has 14 nitrogen and oxygen atoms in total. The molecule has 2 heterocycles. The van der Waals surface area contributed by atoms with Gasteiger partial charge in [-0.2, -0.15) is 0 Å².